The topological polar surface area (TPSA) is 168 Å². The summed E-state index contributed by atoms with van der Waals surface area (Å²) in [6, 6.07) is 11.6. The lowest BCUT2D eigenvalue weighted by Crippen LogP contribution is -2.62. The highest BCUT2D eigenvalue weighted by Gasteiger charge is 2.43. The van der Waals surface area contributed by atoms with Crippen LogP contribution < -0.4 is 26.0 Å². The van der Waals surface area contributed by atoms with Gasteiger partial charge in [0.15, 0.2) is 0 Å². The molecule has 5 N–H and O–H groups in total. The number of fused-ring (bicyclic) bond motifs is 2. The van der Waals surface area contributed by atoms with E-state index in [-0.39, 0.29) is 50.1 Å². The predicted molar refractivity (Wildman–Crippen MR) is 188 cm³/mol. The summed E-state index contributed by atoms with van der Waals surface area (Å²) in [6.45, 7) is 9.38. The highest BCUT2D eigenvalue weighted by atomic mass is 16.5. The van der Waals surface area contributed by atoms with Crippen LogP contribution in [0.3, 0.4) is 0 Å². The second-order valence-corrected chi connectivity index (χ2v) is 13.9. The van der Waals surface area contributed by atoms with Crippen LogP contribution in [0.4, 0.5) is 4.79 Å². The van der Waals surface area contributed by atoms with E-state index >= 15 is 0 Å². The number of nitrogens with one attached hydrogen (secondary N) is 4. The Morgan fingerprint density at radius 1 is 0.960 bits per heavy atom. The Morgan fingerprint density at radius 2 is 1.68 bits per heavy atom. The summed E-state index contributed by atoms with van der Waals surface area (Å²) in [5.74, 6) is -0.212. The first kappa shape index (κ1) is 38.6. The average Bonchev–Trinajstić information content (AvgIpc) is 3.09. The number of nitrogens with zero attached hydrogens (tertiary/aromatic N) is 1. The van der Waals surface area contributed by atoms with Gasteiger partial charge in [0.1, 0.15) is 24.4 Å². The molecule has 1 aliphatic heterocycles. The van der Waals surface area contributed by atoms with Crippen molar-refractivity contribution in [2.45, 2.75) is 84.1 Å². The molecule has 0 saturated carbocycles. The van der Waals surface area contributed by atoms with Crippen molar-refractivity contribution in [2.75, 3.05) is 46.6 Å². The maximum absolute atomic E-state index is 14.5. The number of hydrogen-bond donors (Lipinski definition) is 5. The Bertz CT molecular complexity index is 1480. The maximum atomic E-state index is 14.5. The lowest BCUT2D eigenvalue weighted by Gasteiger charge is -2.41. The van der Waals surface area contributed by atoms with Crippen LogP contribution in [0.1, 0.15) is 68.8 Å². The molecule has 4 rings (SSSR count). The molecule has 50 heavy (non-hydrogen) atoms. The van der Waals surface area contributed by atoms with Gasteiger partial charge < -0.3 is 45.5 Å². The Labute approximate surface area is 294 Å². The first-order chi connectivity index (χ1) is 23.9. The van der Waals surface area contributed by atoms with Crippen LogP contribution in [0, 0.1) is 5.41 Å². The van der Waals surface area contributed by atoms with Crippen LogP contribution in [-0.4, -0.2) is 98.6 Å². The third-order valence-corrected chi connectivity index (χ3v) is 9.20. The van der Waals surface area contributed by atoms with Gasteiger partial charge in [0, 0.05) is 19.5 Å². The van der Waals surface area contributed by atoms with E-state index in [9.17, 15) is 19.2 Å². The zero-order chi connectivity index (χ0) is 36.3. The van der Waals surface area contributed by atoms with E-state index in [1.165, 1.54) is 5.56 Å². The minimum atomic E-state index is -1.09. The lowest BCUT2D eigenvalue weighted by atomic mass is 9.83. The largest absolute Gasteiger partial charge is 0.491 e. The molecule has 0 fully saturated rings. The minimum absolute atomic E-state index is 0.140. The number of carbonyl (C=O) groups is 4. The van der Waals surface area contributed by atoms with Gasteiger partial charge in [0.25, 0.3) is 0 Å². The van der Waals surface area contributed by atoms with Gasteiger partial charge in [0.2, 0.25) is 17.7 Å². The van der Waals surface area contributed by atoms with Crippen molar-refractivity contribution in [1.29, 1.82) is 0 Å². The van der Waals surface area contributed by atoms with Gasteiger partial charge >= 0.3 is 6.09 Å². The number of likely N-dealkylation sites (N-methyl/N-ethyl adjacent to an activating group) is 1. The highest BCUT2D eigenvalue weighted by Crippen LogP contribution is 2.33. The molecule has 0 bridgehead atoms. The molecule has 2 aliphatic rings. The van der Waals surface area contributed by atoms with Gasteiger partial charge in [-0.15, -0.1) is 0 Å². The molecule has 0 radical (unpaired) electrons. The number of aryl methyl sites for hydroxylation is 1. The molecule has 2 aromatic carbocycles. The first-order valence-electron chi connectivity index (χ1n) is 17.4. The fourth-order valence-electron chi connectivity index (χ4n) is 6.27. The molecular formula is C37H53N5O8. The molecule has 0 aromatic heterocycles. The SMILES string of the molecule is CN[C@@H](C)C(=O)N[C@H](C(=O)N1Cc2cc(OCCOCCOCCNC(=O)O)ccc2C[C@H]1C(=O)N[C@@H]1CCCc2ccccc21)C(C)(C)C. The van der Waals surface area contributed by atoms with Crippen molar-refractivity contribution in [3.05, 3.63) is 64.7 Å². The molecule has 0 saturated heterocycles. The quantitative estimate of drug-likeness (QED) is 0.166. The normalized spacial score (nSPS) is 18.2. The second kappa shape index (κ2) is 18.2. The Balaban J connectivity index is 1.47. The lowest BCUT2D eigenvalue weighted by molar-refractivity contribution is -0.147. The average molecular weight is 696 g/mol. The predicted octanol–water partition coefficient (Wildman–Crippen LogP) is 2.95. The zero-order valence-electron chi connectivity index (χ0n) is 29.9. The third kappa shape index (κ3) is 10.6. The van der Waals surface area contributed by atoms with Gasteiger partial charge in [0.05, 0.1) is 38.5 Å². The fraction of sp³-hybridized carbons (Fsp3) is 0.568. The van der Waals surface area contributed by atoms with E-state index in [4.69, 9.17) is 19.3 Å². The Hall–Kier alpha value is -4.20. The molecule has 13 heteroatoms. The van der Waals surface area contributed by atoms with Crippen LogP contribution in [-0.2, 0) is 43.2 Å². The summed E-state index contributed by atoms with van der Waals surface area (Å²) in [6.07, 6.45) is 2.00. The van der Waals surface area contributed by atoms with Crippen LogP contribution >= 0.6 is 0 Å². The molecule has 2 aromatic rings. The molecule has 274 valence electrons. The van der Waals surface area contributed by atoms with Gasteiger partial charge in [-0.05, 0) is 73.0 Å². The monoisotopic (exact) mass is 695 g/mol. The third-order valence-electron chi connectivity index (χ3n) is 9.20. The van der Waals surface area contributed by atoms with E-state index in [2.05, 4.69) is 33.4 Å². The number of rotatable bonds is 16. The van der Waals surface area contributed by atoms with Crippen LogP contribution in [0.15, 0.2) is 42.5 Å². The number of carbonyl (C=O) groups excluding carboxylic acids is 3. The molecule has 4 amide bonds. The van der Waals surface area contributed by atoms with Gasteiger partial charge in [-0.3, -0.25) is 14.4 Å². The van der Waals surface area contributed by atoms with E-state index in [1.54, 1.807) is 18.9 Å². The summed E-state index contributed by atoms with van der Waals surface area (Å²) in [4.78, 5) is 53.8. The first-order valence-corrected chi connectivity index (χ1v) is 17.4. The van der Waals surface area contributed by atoms with Crippen molar-refractivity contribution in [2.24, 2.45) is 5.41 Å². The van der Waals surface area contributed by atoms with E-state index < -0.39 is 29.6 Å². The van der Waals surface area contributed by atoms with E-state index in [0.717, 1.165) is 36.0 Å². The number of hydrogen-bond acceptors (Lipinski definition) is 8. The number of carboxylic acid groups (broad SMARTS) is 1. The summed E-state index contributed by atoms with van der Waals surface area (Å²) in [7, 11) is 1.69. The fourth-order valence-corrected chi connectivity index (χ4v) is 6.27. The molecule has 0 unspecified atom stereocenters. The maximum Gasteiger partial charge on any atom is 0.404 e. The number of ether oxygens (including phenoxy) is 3. The molecular weight excluding hydrogens is 642 g/mol. The zero-order valence-corrected chi connectivity index (χ0v) is 29.9. The number of benzene rings is 2. The highest BCUT2D eigenvalue weighted by molar-refractivity contribution is 5.94. The van der Waals surface area contributed by atoms with Crippen LogP contribution in [0.5, 0.6) is 5.75 Å². The molecule has 1 aliphatic carbocycles. The van der Waals surface area contributed by atoms with Crippen molar-refractivity contribution in [1.82, 2.24) is 26.2 Å². The Kier molecular flexibility index (Phi) is 14.0. The minimum Gasteiger partial charge on any atom is -0.491 e. The van der Waals surface area contributed by atoms with Crippen LogP contribution in [0.25, 0.3) is 0 Å². The molecule has 1 heterocycles. The van der Waals surface area contributed by atoms with E-state index in [1.807, 2.05) is 51.1 Å². The van der Waals surface area contributed by atoms with Crippen molar-refractivity contribution in [3.8, 4) is 5.75 Å². The summed E-state index contributed by atoms with van der Waals surface area (Å²) < 4.78 is 16.8. The molecule has 0 spiro atoms. The second-order valence-electron chi connectivity index (χ2n) is 13.9. The Morgan fingerprint density at radius 3 is 2.40 bits per heavy atom. The van der Waals surface area contributed by atoms with Gasteiger partial charge in [-0.1, -0.05) is 51.1 Å². The van der Waals surface area contributed by atoms with E-state index in [0.29, 0.717) is 32.0 Å². The standard InChI is InChI=1S/C37H53N5O8/c1-24(38-5)33(43)41-32(37(2,3)4)35(45)42-23-27-21-28(50-20-19-49-18-17-48-16-15-39-36(46)47)14-13-26(27)22-31(42)34(44)40-30-12-8-10-25-9-6-7-11-29(25)30/h6-7,9,11,13-14,21,24,30-32,38-39H,8,10,12,15-20,22-23H2,1-5H3,(H,40,44)(H,41,43)(H,46,47)/t24-,30+,31-,32+/m0/s1. The van der Waals surface area contributed by atoms with Crippen molar-refractivity contribution >= 4 is 23.8 Å². The number of amides is 4. The van der Waals surface area contributed by atoms with Gasteiger partial charge in [-0.2, -0.15) is 0 Å². The smallest absolute Gasteiger partial charge is 0.404 e. The summed E-state index contributed by atoms with van der Waals surface area (Å²) in [5.41, 5.74) is 3.55. The molecule has 4 atom stereocenters. The molecule has 13 nitrogen and oxygen atoms in total. The summed E-state index contributed by atoms with van der Waals surface area (Å²) >= 11 is 0. The van der Waals surface area contributed by atoms with Crippen LogP contribution in [0.2, 0.25) is 0 Å². The van der Waals surface area contributed by atoms with Crippen molar-refractivity contribution < 1.29 is 38.5 Å². The summed E-state index contributed by atoms with van der Waals surface area (Å²) in [5, 5.41) is 20.0. The van der Waals surface area contributed by atoms with Gasteiger partial charge in [-0.25, -0.2) is 4.79 Å². The van der Waals surface area contributed by atoms with Crippen molar-refractivity contribution in [3.63, 3.8) is 0 Å².